The van der Waals surface area contributed by atoms with Crippen LogP contribution in [0.5, 0.6) is 0 Å². The third kappa shape index (κ3) is 4.91. The minimum atomic E-state index is -0.339. The third-order valence-electron chi connectivity index (χ3n) is 2.99. The standard InChI is InChI=1S/C11H20N2O3.ClH/c1-11(5-3-6-12-8-11)10(15)13-7-4-9(14)16-2;/h12H,3-8H2,1-2H3,(H,13,15);1H. The number of hydrogen-bond acceptors (Lipinski definition) is 4. The van der Waals surface area contributed by atoms with E-state index < -0.39 is 0 Å². The van der Waals surface area contributed by atoms with E-state index in [4.69, 9.17) is 0 Å². The fraction of sp³-hybridized carbons (Fsp3) is 0.818. The van der Waals surface area contributed by atoms with Crippen LogP contribution in [0.4, 0.5) is 0 Å². The van der Waals surface area contributed by atoms with Crippen molar-refractivity contribution in [2.45, 2.75) is 26.2 Å². The fourth-order valence-electron chi connectivity index (χ4n) is 1.84. The molecule has 1 saturated heterocycles. The van der Waals surface area contributed by atoms with Gasteiger partial charge in [-0.15, -0.1) is 12.4 Å². The summed E-state index contributed by atoms with van der Waals surface area (Å²) < 4.78 is 4.50. The van der Waals surface area contributed by atoms with Gasteiger partial charge in [-0.1, -0.05) is 0 Å². The highest BCUT2D eigenvalue weighted by atomic mass is 35.5. The molecule has 1 atom stereocenters. The van der Waals surface area contributed by atoms with Crippen LogP contribution < -0.4 is 10.6 Å². The maximum absolute atomic E-state index is 11.9. The van der Waals surface area contributed by atoms with Gasteiger partial charge in [0, 0.05) is 13.1 Å². The molecule has 0 aromatic carbocycles. The van der Waals surface area contributed by atoms with Crippen molar-refractivity contribution >= 4 is 24.3 Å². The number of ether oxygens (including phenoxy) is 1. The van der Waals surface area contributed by atoms with Gasteiger partial charge in [-0.25, -0.2) is 0 Å². The highest BCUT2D eigenvalue weighted by molar-refractivity contribution is 5.85. The van der Waals surface area contributed by atoms with Crippen LogP contribution in [0.15, 0.2) is 0 Å². The van der Waals surface area contributed by atoms with Crippen molar-refractivity contribution in [3.63, 3.8) is 0 Å². The number of methoxy groups -OCH3 is 1. The van der Waals surface area contributed by atoms with Crippen molar-refractivity contribution in [1.82, 2.24) is 10.6 Å². The lowest BCUT2D eigenvalue weighted by Gasteiger charge is -2.32. The lowest BCUT2D eigenvalue weighted by atomic mass is 9.82. The molecule has 1 heterocycles. The number of piperidine rings is 1. The fourth-order valence-corrected chi connectivity index (χ4v) is 1.84. The number of rotatable bonds is 4. The third-order valence-corrected chi connectivity index (χ3v) is 2.99. The Morgan fingerprint density at radius 2 is 2.18 bits per heavy atom. The molecule has 0 spiro atoms. The Balaban J connectivity index is 0.00000256. The number of hydrogen-bond donors (Lipinski definition) is 2. The summed E-state index contributed by atoms with van der Waals surface area (Å²) in [5, 5.41) is 5.99. The Labute approximate surface area is 108 Å². The Kier molecular flexibility index (Phi) is 7.15. The van der Waals surface area contributed by atoms with Gasteiger partial charge in [0.25, 0.3) is 0 Å². The van der Waals surface area contributed by atoms with Gasteiger partial charge in [-0.05, 0) is 26.3 Å². The van der Waals surface area contributed by atoms with Gasteiger partial charge < -0.3 is 15.4 Å². The van der Waals surface area contributed by atoms with E-state index in [1.54, 1.807) is 0 Å². The summed E-state index contributed by atoms with van der Waals surface area (Å²) in [7, 11) is 1.34. The van der Waals surface area contributed by atoms with E-state index in [0.717, 1.165) is 19.4 Å². The summed E-state index contributed by atoms with van der Waals surface area (Å²) in [6, 6.07) is 0. The normalized spacial score (nSPS) is 23.4. The van der Waals surface area contributed by atoms with E-state index in [1.807, 2.05) is 6.92 Å². The molecule has 1 rings (SSSR count). The van der Waals surface area contributed by atoms with E-state index in [2.05, 4.69) is 15.4 Å². The highest BCUT2D eigenvalue weighted by Crippen LogP contribution is 2.25. The molecule has 2 N–H and O–H groups in total. The Morgan fingerprint density at radius 3 is 2.71 bits per heavy atom. The summed E-state index contributed by atoms with van der Waals surface area (Å²) in [5.41, 5.74) is -0.339. The van der Waals surface area contributed by atoms with Crippen molar-refractivity contribution in [3.05, 3.63) is 0 Å². The summed E-state index contributed by atoms with van der Waals surface area (Å²) in [4.78, 5) is 22.7. The molecule has 0 radical (unpaired) electrons. The SMILES string of the molecule is COC(=O)CCNC(=O)C1(C)CCCNC1.Cl. The number of carbonyl (C=O) groups is 2. The zero-order valence-electron chi connectivity index (χ0n) is 10.4. The molecule has 1 amide bonds. The monoisotopic (exact) mass is 264 g/mol. The van der Waals surface area contributed by atoms with Gasteiger partial charge in [-0.3, -0.25) is 9.59 Å². The molecule has 1 aliphatic heterocycles. The molecule has 0 saturated carbocycles. The predicted octanol–water partition coefficient (Wildman–Crippen LogP) is 0.477. The number of esters is 1. The molecule has 1 fully saturated rings. The molecule has 17 heavy (non-hydrogen) atoms. The molecule has 1 aliphatic rings. The quantitative estimate of drug-likeness (QED) is 0.725. The molecule has 1 unspecified atom stereocenters. The lowest BCUT2D eigenvalue weighted by Crippen LogP contribution is -2.49. The molecule has 5 nitrogen and oxygen atoms in total. The van der Waals surface area contributed by atoms with Gasteiger partial charge in [0.1, 0.15) is 0 Å². The minimum Gasteiger partial charge on any atom is -0.469 e. The van der Waals surface area contributed by atoms with Crippen molar-refractivity contribution in [2.75, 3.05) is 26.7 Å². The second-order valence-corrected chi connectivity index (χ2v) is 4.42. The van der Waals surface area contributed by atoms with Crippen molar-refractivity contribution < 1.29 is 14.3 Å². The zero-order valence-corrected chi connectivity index (χ0v) is 11.2. The van der Waals surface area contributed by atoms with E-state index in [0.29, 0.717) is 13.1 Å². The van der Waals surface area contributed by atoms with Crippen molar-refractivity contribution in [2.24, 2.45) is 5.41 Å². The van der Waals surface area contributed by atoms with Crippen LogP contribution >= 0.6 is 12.4 Å². The Hall–Kier alpha value is -0.810. The van der Waals surface area contributed by atoms with Crippen LogP contribution in [0.25, 0.3) is 0 Å². The first-order valence-electron chi connectivity index (χ1n) is 5.64. The van der Waals surface area contributed by atoms with Gasteiger partial charge in [0.05, 0.1) is 18.9 Å². The van der Waals surface area contributed by atoms with Crippen molar-refractivity contribution in [3.8, 4) is 0 Å². The Morgan fingerprint density at radius 1 is 1.47 bits per heavy atom. The molecule has 0 aromatic heterocycles. The second kappa shape index (κ2) is 7.50. The largest absolute Gasteiger partial charge is 0.469 e. The van der Waals surface area contributed by atoms with E-state index in [1.165, 1.54) is 7.11 Å². The van der Waals surface area contributed by atoms with Gasteiger partial charge in [-0.2, -0.15) is 0 Å². The van der Waals surface area contributed by atoms with Gasteiger partial charge in [0.15, 0.2) is 0 Å². The molecule has 0 aliphatic carbocycles. The van der Waals surface area contributed by atoms with Crippen LogP contribution in [-0.2, 0) is 14.3 Å². The molecule has 0 bridgehead atoms. The molecule has 100 valence electrons. The minimum absolute atomic E-state index is 0. The number of nitrogens with one attached hydrogen (secondary N) is 2. The summed E-state index contributed by atoms with van der Waals surface area (Å²) >= 11 is 0. The van der Waals surface area contributed by atoms with Gasteiger partial charge in [0.2, 0.25) is 5.91 Å². The topological polar surface area (TPSA) is 67.4 Å². The maximum Gasteiger partial charge on any atom is 0.307 e. The van der Waals surface area contributed by atoms with Gasteiger partial charge >= 0.3 is 5.97 Å². The Bertz CT molecular complexity index is 265. The maximum atomic E-state index is 11.9. The summed E-state index contributed by atoms with van der Waals surface area (Å²) in [6.07, 6.45) is 2.14. The predicted molar refractivity (Wildman–Crippen MR) is 67.1 cm³/mol. The first kappa shape index (κ1) is 16.2. The van der Waals surface area contributed by atoms with Crippen LogP contribution in [0, 0.1) is 5.41 Å². The molecule has 6 heteroatoms. The average Bonchev–Trinajstić information content (AvgIpc) is 2.29. The highest BCUT2D eigenvalue weighted by Gasteiger charge is 2.34. The number of carbonyl (C=O) groups excluding carboxylic acids is 2. The molecular weight excluding hydrogens is 244 g/mol. The van der Waals surface area contributed by atoms with Crippen LogP contribution in [0.1, 0.15) is 26.2 Å². The van der Waals surface area contributed by atoms with Crippen molar-refractivity contribution in [1.29, 1.82) is 0 Å². The smallest absolute Gasteiger partial charge is 0.307 e. The number of amides is 1. The van der Waals surface area contributed by atoms with E-state index in [9.17, 15) is 9.59 Å². The summed E-state index contributed by atoms with van der Waals surface area (Å²) in [5.74, 6) is -0.282. The van der Waals surface area contributed by atoms with Crippen LogP contribution in [0.2, 0.25) is 0 Å². The second-order valence-electron chi connectivity index (χ2n) is 4.42. The van der Waals surface area contributed by atoms with E-state index >= 15 is 0 Å². The zero-order chi connectivity index (χ0) is 12.0. The summed E-state index contributed by atoms with van der Waals surface area (Å²) in [6.45, 7) is 3.98. The average molecular weight is 265 g/mol. The molecule has 0 aromatic rings. The molecular formula is C11H21ClN2O3. The first-order valence-corrected chi connectivity index (χ1v) is 5.64. The van der Waals surface area contributed by atoms with E-state index in [-0.39, 0.29) is 36.1 Å². The van der Waals surface area contributed by atoms with Crippen LogP contribution in [0.3, 0.4) is 0 Å². The lowest BCUT2D eigenvalue weighted by molar-refractivity contribution is -0.140. The van der Waals surface area contributed by atoms with Crippen LogP contribution in [-0.4, -0.2) is 38.6 Å². The number of halogens is 1. The first-order chi connectivity index (χ1) is 7.58.